The van der Waals surface area contributed by atoms with Gasteiger partial charge in [0.1, 0.15) is 9.79 Å². The summed E-state index contributed by atoms with van der Waals surface area (Å²) in [5.74, 6) is -0.618. The molecule has 0 radical (unpaired) electrons. The minimum atomic E-state index is -4.83. The fourth-order valence-corrected chi connectivity index (χ4v) is 2.70. The predicted octanol–water partition coefficient (Wildman–Crippen LogP) is -0.279. The van der Waals surface area contributed by atoms with E-state index in [1.165, 1.54) is 0 Å². The average molecular weight is 310 g/mol. The Balaban J connectivity index is 3.72. The van der Waals surface area contributed by atoms with E-state index in [9.17, 15) is 21.6 Å². The molecule has 11 heteroatoms. The van der Waals surface area contributed by atoms with Gasteiger partial charge in [-0.2, -0.15) is 16.8 Å². The minimum absolute atomic E-state index is 0.262. The lowest BCUT2D eigenvalue weighted by atomic mass is 10.3. The lowest BCUT2D eigenvalue weighted by Gasteiger charge is -2.10. The average Bonchev–Trinajstić information content (AvgIpc) is 2.16. The number of amides is 1. The Morgan fingerprint density at radius 1 is 1.11 bits per heavy atom. The van der Waals surface area contributed by atoms with E-state index in [0.717, 1.165) is 19.1 Å². The molecule has 0 bridgehead atoms. The highest BCUT2D eigenvalue weighted by atomic mass is 32.2. The van der Waals surface area contributed by atoms with E-state index < -0.39 is 41.6 Å². The molecule has 0 saturated carbocycles. The summed E-state index contributed by atoms with van der Waals surface area (Å²) in [4.78, 5) is 8.98. The number of hydrogen-bond donors (Lipinski definition) is 4. The highest BCUT2D eigenvalue weighted by Gasteiger charge is 2.24. The van der Waals surface area contributed by atoms with Gasteiger partial charge in [-0.05, 0) is 12.1 Å². The highest BCUT2D eigenvalue weighted by Crippen LogP contribution is 2.30. The van der Waals surface area contributed by atoms with Crippen molar-refractivity contribution in [3.63, 3.8) is 0 Å². The molecule has 0 aromatic heterocycles. The molecule has 0 aliphatic heterocycles. The van der Waals surface area contributed by atoms with Crippen LogP contribution < -0.4 is 11.1 Å². The van der Waals surface area contributed by atoms with Crippen LogP contribution >= 0.6 is 0 Å². The van der Waals surface area contributed by atoms with Gasteiger partial charge in [0, 0.05) is 12.6 Å². The van der Waals surface area contributed by atoms with E-state index in [-0.39, 0.29) is 5.69 Å². The first-order chi connectivity index (χ1) is 8.43. The van der Waals surface area contributed by atoms with Gasteiger partial charge in [0.15, 0.2) is 0 Å². The molecule has 1 aromatic carbocycles. The lowest BCUT2D eigenvalue weighted by molar-refractivity contribution is -0.114. The predicted molar refractivity (Wildman–Crippen MR) is 64.8 cm³/mol. The standard InChI is InChI=1S/C8H10N2O7S2/c1-4(11)10-5-2-6(18(12,13)14)8(9)7(3-5)19(15,16)17/h2-3H,9H2,1H3,(H,10,11)(H,12,13,14)(H,15,16,17). The number of benzene rings is 1. The highest BCUT2D eigenvalue weighted by molar-refractivity contribution is 7.87. The number of carbonyl (C=O) groups is 1. The number of hydrogen-bond acceptors (Lipinski definition) is 6. The van der Waals surface area contributed by atoms with E-state index in [1.54, 1.807) is 0 Å². The van der Waals surface area contributed by atoms with Gasteiger partial charge in [-0.3, -0.25) is 13.9 Å². The number of anilines is 2. The van der Waals surface area contributed by atoms with Crippen LogP contribution in [0.15, 0.2) is 21.9 Å². The first-order valence-corrected chi connectivity index (χ1v) is 7.47. The molecular weight excluding hydrogens is 300 g/mol. The molecule has 0 saturated heterocycles. The van der Waals surface area contributed by atoms with Crippen LogP contribution in [0.1, 0.15) is 6.92 Å². The van der Waals surface area contributed by atoms with Crippen molar-refractivity contribution in [2.45, 2.75) is 16.7 Å². The smallest absolute Gasteiger partial charge is 0.296 e. The maximum Gasteiger partial charge on any atom is 0.296 e. The third kappa shape index (κ3) is 3.64. The summed E-state index contributed by atoms with van der Waals surface area (Å²) in [6.45, 7) is 1.09. The zero-order chi connectivity index (χ0) is 15.0. The molecule has 0 heterocycles. The monoisotopic (exact) mass is 310 g/mol. The third-order valence-corrected chi connectivity index (χ3v) is 3.77. The minimum Gasteiger partial charge on any atom is -0.396 e. The maximum absolute atomic E-state index is 11.1. The second kappa shape index (κ2) is 4.77. The normalized spacial score (nSPS) is 12.2. The molecule has 0 fully saturated rings. The molecule has 0 unspecified atom stereocenters. The van der Waals surface area contributed by atoms with Crippen molar-refractivity contribution in [2.75, 3.05) is 11.1 Å². The molecule has 19 heavy (non-hydrogen) atoms. The molecule has 0 spiro atoms. The van der Waals surface area contributed by atoms with Crippen LogP contribution in [-0.4, -0.2) is 31.8 Å². The Morgan fingerprint density at radius 2 is 1.47 bits per heavy atom. The topological polar surface area (TPSA) is 164 Å². The van der Waals surface area contributed by atoms with Gasteiger partial charge in [-0.15, -0.1) is 0 Å². The molecule has 5 N–H and O–H groups in total. The largest absolute Gasteiger partial charge is 0.396 e. The summed E-state index contributed by atoms with van der Waals surface area (Å²) in [7, 11) is -9.65. The van der Waals surface area contributed by atoms with Gasteiger partial charge in [-0.25, -0.2) is 0 Å². The van der Waals surface area contributed by atoms with E-state index in [1.807, 2.05) is 0 Å². The summed E-state index contributed by atoms with van der Waals surface area (Å²) in [5.41, 5.74) is 4.15. The zero-order valence-electron chi connectivity index (χ0n) is 9.48. The van der Waals surface area contributed by atoms with Crippen molar-refractivity contribution in [3.05, 3.63) is 12.1 Å². The number of rotatable bonds is 3. The quantitative estimate of drug-likeness (QED) is 0.437. The van der Waals surface area contributed by atoms with Crippen LogP contribution in [0.3, 0.4) is 0 Å². The van der Waals surface area contributed by atoms with E-state index in [2.05, 4.69) is 5.32 Å². The Hall–Kier alpha value is -1.69. The number of nitrogens with one attached hydrogen (secondary N) is 1. The Labute approximate surface area is 108 Å². The number of carbonyl (C=O) groups excluding carboxylic acids is 1. The van der Waals surface area contributed by atoms with Gasteiger partial charge < -0.3 is 11.1 Å². The van der Waals surface area contributed by atoms with Crippen molar-refractivity contribution in [1.82, 2.24) is 0 Å². The lowest BCUT2D eigenvalue weighted by Crippen LogP contribution is -2.13. The summed E-state index contributed by atoms with van der Waals surface area (Å²) in [6, 6.07) is 1.53. The Morgan fingerprint density at radius 3 is 1.74 bits per heavy atom. The Kier molecular flexibility index (Phi) is 3.86. The molecule has 1 amide bonds. The van der Waals surface area contributed by atoms with E-state index in [4.69, 9.17) is 14.8 Å². The van der Waals surface area contributed by atoms with Gasteiger partial charge in [-0.1, -0.05) is 0 Å². The molecule has 0 atom stereocenters. The molecular formula is C8H10N2O7S2. The second-order valence-corrected chi connectivity index (χ2v) is 6.30. The van der Waals surface area contributed by atoms with Crippen LogP contribution in [0.25, 0.3) is 0 Å². The first kappa shape index (κ1) is 15.4. The molecule has 1 rings (SSSR count). The molecule has 0 aliphatic rings. The van der Waals surface area contributed by atoms with Crippen LogP contribution in [-0.2, 0) is 25.0 Å². The maximum atomic E-state index is 11.1. The third-order valence-electron chi connectivity index (χ3n) is 1.98. The summed E-state index contributed by atoms with van der Waals surface area (Å²) in [5, 5.41) is 2.11. The van der Waals surface area contributed by atoms with Crippen LogP contribution in [0.2, 0.25) is 0 Å². The molecule has 0 aliphatic carbocycles. The van der Waals surface area contributed by atoms with E-state index >= 15 is 0 Å². The van der Waals surface area contributed by atoms with E-state index in [0.29, 0.717) is 0 Å². The van der Waals surface area contributed by atoms with Gasteiger partial charge in [0.25, 0.3) is 20.2 Å². The summed E-state index contributed by atoms with van der Waals surface area (Å²) >= 11 is 0. The van der Waals surface area contributed by atoms with Crippen LogP contribution in [0, 0.1) is 0 Å². The van der Waals surface area contributed by atoms with Crippen molar-refractivity contribution >= 4 is 37.5 Å². The molecule has 106 valence electrons. The fraction of sp³-hybridized carbons (Fsp3) is 0.125. The fourth-order valence-electron chi connectivity index (χ4n) is 1.30. The van der Waals surface area contributed by atoms with Crippen LogP contribution in [0.5, 0.6) is 0 Å². The van der Waals surface area contributed by atoms with Gasteiger partial charge >= 0.3 is 0 Å². The van der Waals surface area contributed by atoms with Gasteiger partial charge in [0.2, 0.25) is 5.91 Å². The summed E-state index contributed by atoms with van der Waals surface area (Å²) < 4.78 is 62.1. The second-order valence-electron chi connectivity index (χ2n) is 3.52. The Bertz CT molecular complexity index is 683. The number of nitrogens with two attached hydrogens (primary N) is 1. The summed E-state index contributed by atoms with van der Waals surface area (Å²) in [6.07, 6.45) is 0. The number of nitrogen functional groups attached to an aromatic ring is 1. The molecule has 9 nitrogen and oxygen atoms in total. The van der Waals surface area contributed by atoms with Crippen molar-refractivity contribution in [1.29, 1.82) is 0 Å². The van der Waals surface area contributed by atoms with Crippen LogP contribution in [0.4, 0.5) is 11.4 Å². The van der Waals surface area contributed by atoms with Crippen molar-refractivity contribution < 1.29 is 30.7 Å². The molecule has 1 aromatic rings. The SMILES string of the molecule is CC(=O)Nc1cc(S(=O)(=O)O)c(N)c(S(=O)(=O)O)c1. The first-order valence-electron chi connectivity index (χ1n) is 4.59. The zero-order valence-corrected chi connectivity index (χ0v) is 11.1. The van der Waals surface area contributed by atoms with Crippen molar-refractivity contribution in [2.24, 2.45) is 0 Å². The van der Waals surface area contributed by atoms with Crippen molar-refractivity contribution in [3.8, 4) is 0 Å². The van der Waals surface area contributed by atoms with Gasteiger partial charge in [0.05, 0.1) is 5.69 Å².